The maximum absolute atomic E-state index is 2.55. The van der Waals surface area contributed by atoms with Gasteiger partial charge in [0.25, 0.3) is 6.71 Å². The van der Waals surface area contributed by atoms with Crippen LogP contribution in [0.5, 0.6) is 0 Å². The van der Waals surface area contributed by atoms with Gasteiger partial charge in [-0.25, -0.2) is 0 Å². The zero-order valence-corrected chi connectivity index (χ0v) is 33.9. The van der Waals surface area contributed by atoms with E-state index in [0.717, 1.165) is 28.4 Å². The molecule has 62 heavy (non-hydrogen) atoms. The second-order valence-electron chi connectivity index (χ2n) is 16.6. The molecule has 11 aromatic rings. The van der Waals surface area contributed by atoms with Crippen LogP contribution in [0.25, 0.3) is 43.1 Å². The lowest BCUT2D eigenvalue weighted by Gasteiger charge is -2.45. The van der Waals surface area contributed by atoms with E-state index in [4.69, 9.17) is 0 Å². The highest BCUT2D eigenvalue weighted by Crippen LogP contribution is 2.49. The molecular weight excluding hydrogens is 749 g/mol. The molecule has 0 amide bonds. The Hall–Kier alpha value is -8.08. The van der Waals surface area contributed by atoms with Crippen molar-refractivity contribution in [3.8, 4) is 0 Å². The highest BCUT2D eigenvalue weighted by atomic mass is 15.2. The van der Waals surface area contributed by atoms with Crippen molar-refractivity contribution in [3.05, 3.63) is 231 Å². The van der Waals surface area contributed by atoms with Crippen molar-refractivity contribution in [1.82, 2.24) is 0 Å². The Bertz CT molecular complexity index is 3340. The summed E-state index contributed by atoms with van der Waals surface area (Å²) in [6, 6.07) is 85.2. The third kappa shape index (κ3) is 5.40. The summed E-state index contributed by atoms with van der Waals surface area (Å²) in [6.07, 6.45) is 0. The normalized spacial score (nSPS) is 12.7. The lowest BCUT2D eigenvalue weighted by molar-refractivity contribution is 1.23. The fourth-order valence-electron chi connectivity index (χ4n) is 10.3. The van der Waals surface area contributed by atoms with Gasteiger partial charge in [-0.15, -0.1) is 0 Å². The van der Waals surface area contributed by atoms with E-state index in [0.29, 0.717) is 0 Å². The Morgan fingerprint density at radius 1 is 0.274 bits per heavy atom. The van der Waals surface area contributed by atoms with Crippen molar-refractivity contribution in [1.29, 1.82) is 0 Å². The molecule has 0 fully saturated rings. The third-order valence-electron chi connectivity index (χ3n) is 13.1. The molecular formula is C58H38BN3. The van der Waals surface area contributed by atoms with Gasteiger partial charge >= 0.3 is 0 Å². The number of para-hydroxylation sites is 2. The van der Waals surface area contributed by atoms with E-state index in [1.165, 1.54) is 82.2 Å². The van der Waals surface area contributed by atoms with Crippen LogP contribution in [0.1, 0.15) is 0 Å². The molecule has 0 spiro atoms. The molecule has 3 nitrogen and oxygen atoms in total. The monoisotopic (exact) mass is 787 g/mol. The summed E-state index contributed by atoms with van der Waals surface area (Å²) in [5, 5.41) is 9.80. The molecule has 2 aliphatic rings. The average molecular weight is 788 g/mol. The van der Waals surface area contributed by atoms with Crippen LogP contribution in [0.4, 0.5) is 51.2 Å². The Kier molecular flexibility index (Phi) is 7.70. The molecule has 4 heteroatoms. The maximum atomic E-state index is 2.55. The predicted molar refractivity (Wildman–Crippen MR) is 265 cm³/mol. The molecule has 0 aliphatic carbocycles. The third-order valence-corrected chi connectivity index (χ3v) is 13.1. The smallest absolute Gasteiger partial charge is 0.252 e. The van der Waals surface area contributed by atoms with Crippen molar-refractivity contribution in [2.24, 2.45) is 0 Å². The van der Waals surface area contributed by atoms with Crippen LogP contribution < -0.4 is 31.1 Å². The van der Waals surface area contributed by atoms with Gasteiger partial charge in [0.1, 0.15) is 0 Å². The standard InChI is InChI=1S/C58H38BN3/c1-3-23-47(24-4-1)60(48-25-5-2-6-26-48)51-37-56-58-57(38-51)62(50-30-28-40-16-8-10-18-42(40)32-50)55-36-46-22-14-12-20-44(46)34-53(55)59(58)52-33-43-19-11-13-21-45(43)35-54(52)61(56)49-29-27-39-15-7-9-17-41(39)31-49/h1-38H. The van der Waals surface area contributed by atoms with Gasteiger partial charge in [-0.1, -0.05) is 158 Å². The first-order valence-electron chi connectivity index (χ1n) is 21.4. The molecule has 0 aromatic heterocycles. The van der Waals surface area contributed by atoms with Gasteiger partial charge in [-0.05, 0) is 132 Å². The minimum absolute atomic E-state index is 0.0384. The van der Waals surface area contributed by atoms with Crippen molar-refractivity contribution in [2.75, 3.05) is 14.7 Å². The van der Waals surface area contributed by atoms with Gasteiger partial charge in [0.15, 0.2) is 0 Å². The molecule has 13 rings (SSSR count). The predicted octanol–water partition coefficient (Wildman–Crippen LogP) is 13.9. The van der Waals surface area contributed by atoms with Crippen LogP contribution in [0.3, 0.4) is 0 Å². The Balaban J connectivity index is 1.19. The topological polar surface area (TPSA) is 9.72 Å². The highest BCUT2D eigenvalue weighted by Gasteiger charge is 2.44. The molecule has 2 heterocycles. The summed E-state index contributed by atoms with van der Waals surface area (Å²) in [7, 11) is 0. The summed E-state index contributed by atoms with van der Waals surface area (Å²) < 4.78 is 0. The Morgan fingerprint density at radius 3 is 1.05 bits per heavy atom. The second kappa shape index (κ2) is 13.7. The van der Waals surface area contributed by atoms with E-state index >= 15 is 0 Å². The van der Waals surface area contributed by atoms with Crippen molar-refractivity contribution in [2.45, 2.75) is 0 Å². The fourth-order valence-corrected chi connectivity index (χ4v) is 10.3. The van der Waals surface area contributed by atoms with Crippen LogP contribution in [-0.4, -0.2) is 6.71 Å². The van der Waals surface area contributed by atoms with Crippen LogP contribution in [0, 0.1) is 0 Å². The molecule has 0 saturated heterocycles. The van der Waals surface area contributed by atoms with Gasteiger partial charge in [0.05, 0.1) is 5.69 Å². The fraction of sp³-hybridized carbons (Fsp3) is 0. The van der Waals surface area contributed by atoms with Gasteiger partial charge in [0, 0.05) is 45.5 Å². The lowest BCUT2D eigenvalue weighted by atomic mass is 9.33. The molecule has 0 radical (unpaired) electrons. The summed E-state index contributed by atoms with van der Waals surface area (Å²) in [6.45, 7) is -0.0384. The minimum atomic E-state index is -0.0384. The van der Waals surface area contributed by atoms with E-state index in [2.05, 4.69) is 245 Å². The van der Waals surface area contributed by atoms with Crippen LogP contribution >= 0.6 is 0 Å². The number of nitrogens with zero attached hydrogens (tertiary/aromatic N) is 3. The first-order chi connectivity index (χ1) is 30.7. The quantitative estimate of drug-likeness (QED) is 0.161. The SMILES string of the molecule is c1ccc(N(c2ccccc2)c2cc3c4c(c2)N(c2ccc5ccccc5c2)c2cc5ccccc5cc2B4c2cc4ccccc4cc2N3c2ccc3ccccc3c2)cc1. The number of hydrogen-bond acceptors (Lipinski definition) is 3. The number of rotatable bonds is 5. The van der Waals surface area contributed by atoms with Gasteiger partial charge in [-0.3, -0.25) is 0 Å². The van der Waals surface area contributed by atoms with Crippen LogP contribution in [-0.2, 0) is 0 Å². The summed E-state index contributed by atoms with van der Waals surface area (Å²) in [5.41, 5.74) is 14.2. The molecule has 288 valence electrons. The Morgan fingerprint density at radius 2 is 0.629 bits per heavy atom. The average Bonchev–Trinajstić information content (AvgIpc) is 3.33. The van der Waals surface area contributed by atoms with Crippen LogP contribution in [0.15, 0.2) is 231 Å². The number of hydrogen-bond donors (Lipinski definition) is 0. The molecule has 0 bridgehead atoms. The van der Waals surface area contributed by atoms with E-state index in [-0.39, 0.29) is 6.71 Å². The molecule has 11 aromatic carbocycles. The van der Waals surface area contributed by atoms with E-state index in [1.54, 1.807) is 0 Å². The summed E-state index contributed by atoms with van der Waals surface area (Å²) in [4.78, 5) is 7.51. The van der Waals surface area contributed by atoms with Crippen molar-refractivity contribution < 1.29 is 0 Å². The minimum Gasteiger partial charge on any atom is -0.311 e. The van der Waals surface area contributed by atoms with Gasteiger partial charge in [0.2, 0.25) is 0 Å². The molecule has 0 atom stereocenters. The maximum Gasteiger partial charge on any atom is 0.252 e. The first-order valence-corrected chi connectivity index (χ1v) is 21.4. The number of benzene rings is 11. The number of anilines is 9. The van der Waals surface area contributed by atoms with Crippen LogP contribution in [0.2, 0.25) is 0 Å². The van der Waals surface area contributed by atoms with E-state index < -0.39 is 0 Å². The molecule has 0 saturated carbocycles. The molecule has 0 N–H and O–H groups in total. The summed E-state index contributed by atoms with van der Waals surface area (Å²) >= 11 is 0. The summed E-state index contributed by atoms with van der Waals surface area (Å²) in [5.74, 6) is 0. The largest absolute Gasteiger partial charge is 0.311 e. The van der Waals surface area contributed by atoms with E-state index in [1.807, 2.05) is 0 Å². The highest BCUT2D eigenvalue weighted by molar-refractivity contribution is 7.00. The molecule has 0 unspecified atom stereocenters. The zero-order chi connectivity index (χ0) is 40.7. The Labute approximate surface area is 361 Å². The zero-order valence-electron chi connectivity index (χ0n) is 33.9. The van der Waals surface area contributed by atoms with E-state index in [9.17, 15) is 0 Å². The molecule has 2 aliphatic heterocycles. The second-order valence-corrected chi connectivity index (χ2v) is 16.6. The van der Waals surface area contributed by atoms with Gasteiger partial charge in [-0.2, -0.15) is 0 Å². The van der Waals surface area contributed by atoms with Crippen molar-refractivity contribution in [3.63, 3.8) is 0 Å². The first kappa shape index (κ1) is 34.8. The lowest BCUT2D eigenvalue weighted by Crippen LogP contribution is -2.61. The van der Waals surface area contributed by atoms with Crippen molar-refractivity contribution >= 4 is 117 Å². The number of fused-ring (bicyclic) bond motifs is 8. The van der Waals surface area contributed by atoms with Gasteiger partial charge < -0.3 is 14.7 Å².